The Bertz CT molecular complexity index is 920. The summed E-state index contributed by atoms with van der Waals surface area (Å²) in [6.07, 6.45) is 1.23. The molecule has 2 heterocycles. The molecular weight excluding hydrogens is 396 g/mol. The van der Waals surface area contributed by atoms with Crippen molar-refractivity contribution in [3.05, 3.63) is 48.0 Å². The maximum absolute atomic E-state index is 12.6. The molecule has 2 aromatic carbocycles. The average Bonchev–Trinajstić information content (AvgIpc) is 3.07. The number of hydrogen-bond acceptors (Lipinski definition) is 6. The molecule has 0 spiro atoms. The van der Waals surface area contributed by atoms with E-state index < -0.39 is 0 Å². The molecule has 0 aliphatic carbocycles. The van der Waals surface area contributed by atoms with Gasteiger partial charge in [0.1, 0.15) is 5.75 Å². The first kappa shape index (κ1) is 21.0. The third kappa shape index (κ3) is 5.10. The average molecular weight is 424 g/mol. The van der Waals surface area contributed by atoms with Crippen LogP contribution in [0.15, 0.2) is 42.5 Å². The molecular formula is C24H28N2O5. The summed E-state index contributed by atoms with van der Waals surface area (Å²) < 4.78 is 16.5. The third-order valence-electron chi connectivity index (χ3n) is 5.71. The zero-order valence-corrected chi connectivity index (χ0v) is 17.8. The van der Waals surface area contributed by atoms with Crippen LogP contribution in [0.5, 0.6) is 17.2 Å². The predicted octanol–water partition coefficient (Wildman–Crippen LogP) is 3.17. The number of Topliss-reactive ketones (excluding diaryl/α,β-unsaturated/α-hetero) is 1. The van der Waals surface area contributed by atoms with E-state index in [1.54, 1.807) is 25.3 Å². The van der Waals surface area contributed by atoms with E-state index in [1.807, 2.05) is 29.2 Å². The van der Waals surface area contributed by atoms with Crippen molar-refractivity contribution in [2.45, 2.75) is 19.3 Å². The van der Waals surface area contributed by atoms with Gasteiger partial charge in [0.05, 0.1) is 20.3 Å². The second-order valence-electron chi connectivity index (χ2n) is 7.70. The van der Waals surface area contributed by atoms with Gasteiger partial charge in [-0.25, -0.2) is 0 Å². The smallest absolute Gasteiger partial charge is 0.223 e. The molecule has 4 rings (SSSR count). The number of nitrogens with zero attached hydrogens (tertiary/aromatic N) is 2. The van der Waals surface area contributed by atoms with Crippen LogP contribution in [-0.2, 0) is 4.79 Å². The lowest BCUT2D eigenvalue weighted by atomic mass is 10.1. The SMILES string of the molecule is COc1ccc(N2CCN(C(=O)CCC(=O)c3ccc4c(c3)OCCCO4)CC2)cc1. The number of fused-ring (bicyclic) bond motifs is 1. The van der Waals surface area contributed by atoms with E-state index in [1.165, 1.54) is 0 Å². The van der Waals surface area contributed by atoms with Crippen LogP contribution in [0.3, 0.4) is 0 Å². The summed E-state index contributed by atoms with van der Waals surface area (Å²) in [7, 11) is 1.65. The maximum Gasteiger partial charge on any atom is 0.223 e. The van der Waals surface area contributed by atoms with Crippen molar-refractivity contribution in [2.24, 2.45) is 0 Å². The summed E-state index contributed by atoms with van der Waals surface area (Å²) in [5.74, 6) is 2.07. The van der Waals surface area contributed by atoms with Gasteiger partial charge in [0.2, 0.25) is 5.91 Å². The Morgan fingerprint density at radius 1 is 0.903 bits per heavy atom. The van der Waals surface area contributed by atoms with Crippen LogP contribution in [-0.4, -0.2) is 63.1 Å². The second kappa shape index (κ2) is 9.73. The highest BCUT2D eigenvalue weighted by Gasteiger charge is 2.22. The van der Waals surface area contributed by atoms with Crippen molar-refractivity contribution >= 4 is 17.4 Å². The molecule has 0 aromatic heterocycles. The van der Waals surface area contributed by atoms with Gasteiger partial charge in [0.25, 0.3) is 0 Å². The monoisotopic (exact) mass is 424 g/mol. The van der Waals surface area contributed by atoms with Crippen molar-refractivity contribution < 1.29 is 23.8 Å². The highest BCUT2D eigenvalue weighted by Crippen LogP contribution is 2.31. The Morgan fingerprint density at radius 2 is 1.61 bits per heavy atom. The minimum absolute atomic E-state index is 0.0251. The number of ketones is 1. The number of benzene rings is 2. The molecule has 1 amide bonds. The fourth-order valence-electron chi connectivity index (χ4n) is 3.87. The van der Waals surface area contributed by atoms with Gasteiger partial charge < -0.3 is 24.0 Å². The van der Waals surface area contributed by atoms with Crippen molar-refractivity contribution in [2.75, 3.05) is 51.4 Å². The Morgan fingerprint density at radius 3 is 2.32 bits per heavy atom. The van der Waals surface area contributed by atoms with Crippen LogP contribution in [0.4, 0.5) is 5.69 Å². The Hall–Kier alpha value is -3.22. The molecule has 0 bridgehead atoms. The maximum atomic E-state index is 12.6. The molecule has 0 radical (unpaired) electrons. The number of amides is 1. The summed E-state index contributed by atoms with van der Waals surface area (Å²) in [5, 5.41) is 0. The topological polar surface area (TPSA) is 68.3 Å². The molecule has 0 saturated carbocycles. The van der Waals surface area contributed by atoms with E-state index in [0.717, 1.165) is 30.9 Å². The number of anilines is 1. The van der Waals surface area contributed by atoms with Crippen LogP contribution >= 0.6 is 0 Å². The Balaban J connectivity index is 1.26. The number of hydrogen-bond donors (Lipinski definition) is 0. The molecule has 2 aliphatic heterocycles. The van der Waals surface area contributed by atoms with E-state index in [2.05, 4.69) is 4.90 Å². The number of carbonyl (C=O) groups is 2. The Labute approximate surface area is 182 Å². The van der Waals surface area contributed by atoms with Gasteiger partial charge >= 0.3 is 0 Å². The van der Waals surface area contributed by atoms with Gasteiger partial charge in [-0.15, -0.1) is 0 Å². The first-order valence-corrected chi connectivity index (χ1v) is 10.7. The summed E-state index contributed by atoms with van der Waals surface area (Å²) in [6.45, 7) is 4.04. The lowest BCUT2D eigenvalue weighted by Crippen LogP contribution is -2.48. The highest BCUT2D eigenvalue weighted by molar-refractivity contribution is 5.98. The quantitative estimate of drug-likeness (QED) is 0.664. The van der Waals surface area contributed by atoms with Crippen molar-refractivity contribution in [1.82, 2.24) is 4.90 Å². The summed E-state index contributed by atoms with van der Waals surface area (Å²) >= 11 is 0. The molecule has 1 saturated heterocycles. The van der Waals surface area contributed by atoms with Gasteiger partial charge in [-0.3, -0.25) is 9.59 Å². The number of carbonyl (C=O) groups excluding carboxylic acids is 2. The van der Waals surface area contributed by atoms with Gasteiger partial charge in [-0.2, -0.15) is 0 Å². The minimum Gasteiger partial charge on any atom is -0.497 e. The summed E-state index contributed by atoms with van der Waals surface area (Å²) in [5.41, 5.74) is 1.68. The first-order valence-electron chi connectivity index (χ1n) is 10.7. The minimum atomic E-state index is -0.0548. The number of ether oxygens (including phenoxy) is 3. The third-order valence-corrected chi connectivity index (χ3v) is 5.71. The summed E-state index contributed by atoms with van der Waals surface area (Å²) in [6, 6.07) is 13.2. The zero-order chi connectivity index (χ0) is 21.6. The molecule has 1 fully saturated rings. The standard InChI is InChI=1S/C24H28N2O5/c1-29-20-6-4-19(5-7-20)25-11-13-26(14-12-25)24(28)10-8-21(27)18-3-9-22-23(17-18)31-16-2-15-30-22/h3-7,9,17H,2,8,10-16H2,1H3. The van der Waals surface area contributed by atoms with E-state index in [-0.39, 0.29) is 24.5 Å². The first-order chi connectivity index (χ1) is 15.1. The fourth-order valence-corrected chi connectivity index (χ4v) is 3.87. The fraction of sp³-hybridized carbons (Fsp3) is 0.417. The molecule has 7 heteroatoms. The van der Waals surface area contributed by atoms with Crippen molar-refractivity contribution in [1.29, 1.82) is 0 Å². The van der Waals surface area contributed by atoms with Crippen LogP contribution in [0.2, 0.25) is 0 Å². The number of methoxy groups -OCH3 is 1. The van der Waals surface area contributed by atoms with E-state index in [0.29, 0.717) is 43.4 Å². The molecule has 0 unspecified atom stereocenters. The van der Waals surface area contributed by atoms with Crippen LogP contribution in [0.25, 0.3) is 0 Å². The Kier molecular flexibility index (Phi) is 6.60. The zero-order valence-electron chi connectivity index (χ0n) is 17.8. The van der Waals surface area contributed by atoms with Crippen LogP contribution in [0, 0.1) is 0 Å². The normalized spacial score (nSPS) is 15.9. The number of rotatable bonds is 6. The van der Waals surface area contributed by atoms with Gasteiger partial charge in [0.15, 0.2) is 17.3 Å². The van der Waals surface area contributed by atoms with Gasteiger partial charge in [-0.1, -0.05) is 0 Å². The van der Waals surface area contributed by atoms with E-state index in [4.69, 9.17) is 14.2 Å². The second-order valence-corrected chi connectivity index (χ2v) is 7.70. The van der Waals surface area contributed by atoms with Crippen molar-refractivity contribution in [3.8, 4) is 17.2 Å². The molecule has 31 heavy (non-hydrogen) atoms. The predicted molar refractivity (Wildman–Crippen MR) is 117 cm³/mol. The van der Waals surface area contributed by atoms with E-state index >= 15 is 0 Å². The lowest BCUT2D eigenvalue weighted by Gasteiger charge is -2.36. The molecule has 0 N–H and O–H groups in total. The van der Waals surface area contributed by atoms with E-state index in [9.17, 15) is 9.59 Å². The van der Waals surface area contributed by atoms with Crippen molar-refractivity contribution in [3.63, 3.8) is 0 Å². The van der Waals surface area contributed by atoms with Crippen LogP contribution in [0.1, 0.15) is 29.6 Å². The molecule has 2 aromatic rings. The summed E-state index contributed by atoms with van der Waals surface area (Å²) in [4.78, 5) is 29.3. The molecule has 164 valence electrons. The van der Waals surface area contributed by atoms with Crippen LogP contribution < -0.4 is 19.1 Å². The van der Waals surface area contributed by atoms with Gasteiger partial charge in [-0.05, 0) is 42.5 Å². The number of piperazine rings is 1. The molecule has 2 aliphatic rings. The highest BCUT2D eigenvalue weighted by atomic mass is 16.5. The van der Waals surface area contributed by atoms with Gasteiger partial charge in [0, 0.05) is 56.7 Å². The molecule has 7 nitrogen and oxygen atoms in total. The largest absolute Gasteiger partial charge is 0.497 e. The molecule has 0 atom stereocenters. The lowest BCUT2D eigenvalue weighted by molar-refractivity contribution is -0.131.